The third kappa shape index (κ3) is 5.99. The first-order chi connectivity index (χ1) is 11.6. The fourth-order valence-electron chi connectivity index (χ4n) is 2.29. The van der Waals surface area contributed by atoms with Gasteiger partial charge in [0, 0.05) is 5.56 Å². The van der Waals surface area contributed by atoms with Gasteiger partial charge >= 0.3 is 0 Å². The predicted molar refractivity (Wildman–Crippen MR) is 101 cm³/mol. The summed E-state index contributed by atoms with van der Waals surface area (Å²) >= 11 is 0. The normalized spacial score (nSPS) is 22.0. The molecule has 1 aliphatic heterocycles. The number of phenolic OH excluding ortho intramolecular Hbond substituents is 2. The van der Waals surface area contributed by atoms with Gasteiger partial charge in [0.05, 0.1) is 0 Å². The summed E-state index contributed by atoms with van der Waals surface area (Å²) in [4.78, 5) is 0. The Morgan fingerprint density at radius 2 is 1.88 bits per heavy atom. The van der Waals surface area contributed by atoms with Crippen molar-refractivity contribution in [3.63, 3.8) is 0 Å². The molecule has 0 aliphatic carbocycles. The van der Waals surface area contributed by atoms with Gasteiger partial charge in [-0.1, -0.05) is 51.6 Å². The number of rotatable bonds is 0. The molecule has 0 saturated carbocycles. The van der Waals surface area contributed by atoms with Crippen LogP contribution in [0.3, 0.4) is 0 Å². The highest BCUT2D eigenvalue weighted by molar-refractivity contribution is 5.66. The monoisotopic (exact) mass is 328 g/mol. The number of hydrogen-bond acceptors (Lipinski definition) is 3. The molecular weight excluding hydrogens is 300 g/mol. The zero-order valence-corrected chi connectivity index (χ0v) is 14.8. The fourth-order valence-corrected chi connectivity index (χ4v) is 2.29. The first kappa shape index (κ1) is 19.6. The molecule has 0 amide bonds. The van der Waals surface area contributed by atoms with Crippen molar-refractivity contribution in [3.05, 3.63) is 66.0 Å². The van der Waals surface area contributed by atoms with Crippen LogP contribution in [0.1, 0.15) is 38.3 Å². The van der Waals surface area contributed by atoms with Crippen molar-refractivity contribution in [2.45, 2.75) is 33.6 Å². The average Bonchev–Trinajstić information content (AvgIpc) is 2.59. The quantitative estimate of drug-likeness (QED) is 0.630. The largest absolute Gasteiger partial charge is 0.504 e. The van der Waals surface area contributed by atoms with Gasteiger partial charge in [-0.15, -0.1) is 0 Å². The van der Waals surface area contributed by atoms with Crippen molar-refractivity contribution in [2.24, 2.45) is 5.92 Å². The molecule has 0 bridgehead atoms. The van der Waals surface area contributed by atoms with E-state index in [2.05, 4.69) is 19.6 Å². The van der Waals surface area contributed by atoms with Gasteiger partial charge in [0.15, 0.2) is 11.5 Å². The van der Waals surface area contributed by atoms with E-state index >= 15 is 0 Å². The molecular formula is C21H28O3. The van der Waals surface area contributed by atoms with Crippen LogP contribution in [0.5, 0.6) is 11.5 Å². The Hall–Kier alpha value is -2.42. The highest BCUT2D eigenvalue weighted by atomic mass is 16.5. The summed E-state index contributed by atoms with van der Waals surface area (Å²) < 4.78 is 5.45. The summed E-state index contributed by atoms with van der Waals surface area (Å²) in [5.74, 6) is 0.715. The Labute approximate surface area is 145 Å². The summed E-state index contributed by atoms with van der Waals surface area (Å²) in [6, 6.07) is 3.38. The van der Waals surface area contributed by atoms with Gasteiger partial charge in [-0.25, -0.2) is 0 Å². The third-order valence-electron chi connectivity index (χ3n) is 3.64. The molecule has 24 heavy (non-hydrogen) atoms. The molecule has 130 valence electrons. The minimum atomic E-state index is -0.119. The van der Waals surface area contributed by atoms with Crippen molar-refractivity contribution in [3.8, 4) is 11.5 Å². The Balaban J connectivity index is 0.00000139. The van der Waals surface area contributed by atoms with Crippen molar-refractivity contribution in [1.82, 2.24) is 0 Å². The van der Waals surface area contributed by atoms with Gasteiger partial charge < -0.3 is 14.9 Å². The molecule has 1 atom stereocenters. The number of phenols is 2. The number of hydrogen-bond donors (Lipinski definition) is 2. The predicted octanol–water partition coefficient (Wildman–Crippen LogP) is 5.36. The van der Waals surface area contributed by atoms with Crippen LogP contribution in [0, 0.1) is 5.92 Å². The van der Waals surface area contributed by atoms with Gasteiger partial charge in [-0.3, -0.25) is 0 Å². The van der Waals surface area contributed by atoms with Crippen molar-refractivity contribution in [2.75, 3.05) is 6.61 Å². The number of benzene rings is 1. The molecule has 0 saturated heterocycles. The zero-order chi connectivity index (χ0) is 17.9. The van der Waals surface area contributed by atoms with Crippen molar-refractivity contribution < 1.29 is 14.9 Å². The maximum Gasteiger partial charge on any atom is 0.165 e. The molecule has 2 N–H and O–H groups in total. The average molecular weight is 328 g/mol. The lowest BCUT2D eigenvalue weighted by atomic mass is 9.96. The second kappa shape index (κ2) is 10.4. The number of ether oxygens (including phenoxy) is 1. The van der Waals surface area contributed by atoms with E-state index in [0.717, 1.165) is 18.4 Å². The van der Waals surface area contributed by atoms with Crippen molar-refractivity contribution in [1.29, 1.82) is 0 Å². The molecule has 0 radical (unpaired) electrons. The number of allylic oxidation sites excluding steroid dienone is 4. The van der Waals surface area contributed by atoms with Crippen LogP contribution in [0.4, 0.5) is 0 Å². The number of fused-ring (bicyclic) bond motifs is 1. The van der Waals surface area contributed by atoms with Crippen LogP contribution in [0.15, 0.2) is 54.9 Å². The highest BCUT2D eigenvalue weighted by Crippen LogP contribution is 2.33. The van der Waals surface area contributed by atoms with Crippen LogP contribution in [0.25, 0.3) is 6.08 Å². The van der Waals surface area contributed by atoms with Crippen LogP contribution < -0.4 is 0 Å². The van der Waals surface area contributed by atoms with E-state index < -0.39 is 0 Å². The van der Waals surface area contributed by atoms with E-state index in [1.165, 1.54) is 6.07 Å². The van der Waals surface area contributed by atoms with Gasteiger partial charge in [0.1, 0.15) is 12.4 Å². The second-order valence-electron chi connectivity index (χ2n) is 5.45. The topological polar surface area (TPSA) is 49.7 Å². The standard InChI is InChI=1S/C19H22O3.C2H6/c1-14-6-4-3-5-13-22-15(2)8-11-17-16(9-7-14)10-12-18(20)19(17)21;1-2/h3-6,8,10-12,14,20-21H,2,7,9,13H2,1H3;1-2H3/b5-3-,6-4-,11-8-;. The van der Waals surface area contributed by atoms with E-state index in [4.69, 9.17) is 4.74 Å². The lowest BCUT2D eigenvalue weighted by molar-refractivity contribution is 0.263. The Morgan fingerprint density at radius 1 is 1.12 bits per heavy atom. The molecule has 3 heteroatoms. The minimum Gasteiger partial charge on any atom is -0.504 e. The van der Waals surface area contributed by atoms with Crippen LogP contribution in [-0.4, -0.2) is 16.8 Å². The van der Waals surface area contributed by atoms with E-state index in [1.54, 1.807) is 12.2 Å². The molecule has 0 aromatic heterocycles. The first-order valence-electron chi connectivity index (χ1n) is 8.45. The summed E-state index contributed by atoms with van der Waals surface area (Å²) in [5.41, 5.74) is 1.61. The van der Waals surface area contributed by atoms with E-state index in [-0.39, 0.29) is 11.5 Å². The zero-order valence-electron chi connectivity index (χ0n) is 14.8. The van der Waals surface area contributed by atoms with Gasteiger partial charge in [0.2, 0.25) is 0 Å². The molecule has 0 spiro atoms. The molecule has 3 nitrogen and oxygen atoms in total. The van der Waals surface area contributed by atoms with Crippen LogP contribution in [0.2, 0.25) is 0 Å². The SMILES string of the molecule is C=C1/C=C\c2c(ccc(O)c2O)CCC(C)/C=C\C=C/CO1.CC. The molecule has 2 rings (SSSR count). The maximum atomic E-state index is 10.1. The smallest absolute Gasteiger partial charge is 0.165 e. The summed E-state index contributed by atoms with van der Waals surface area (Å²) in [6.45, 7) is 10.4. The summed E-state index contributed by atoms with van der Waals surface area (Å²) in [6.07, 6.45) is 13.3. The van der Waals surface area contributed by atoms with Crippen molar-refractivity contribution >= 4 is 6.08 Å². The van der Waals surface area contributed by atoms with Gasteiger partial charge in [0.25, 0.3) is 0 Å². The minimum absolute atomic E-state index is 0.100. The molecule has 1 unspecified atom stereocenters. The Kier molecular flexibility index (Phi) is 8.48. The highest BCUT2D eigenvalue weighted by Gasteiger charge is 2.11. The fraction of sp³-hybridized carbons (Fsp3) is 0.333. The summed E-state index contributed by atoms with van der Waals surface area (Å²) in [5, 5.41) is 19.8. The molecule has 1 aromatic carbocycles. The third-order valence-corrected chi connectivity index (χ3v) is 3.64. The lowest BCUT2D eigenvalue weighted by Gasteiger charge is -2.12. The Bertz CT molecular complexity index is 624. The van der Waals surface area contributed by atoms with Crippen LogP contribution >= 0.6 is 0 Å². The Morgan fingerprint density at radius 3 is 2.62 bits per heavy atom. The maximum absolute atomic E-state index is 10.1. The van der Waals surface area contributed by atoms with E-state index in [1.807, 2.05) is 38.1 Å². The first-order valence-corrected chi connectivity index (χ1v) is 8.45. The van der Waals surface area contributed by atoms with Gasteiger partial charge in [-0.05, 0) is 48.6 Å². The number of aryl methyl sites for hydroxylation is 1. The molecule has 1 aliphatic rings. The lowest BCUT2D eigenvalue weighted by Crippen LogP contribution is -1.97. The molecule has 1 heterocycles. The number of aromatic hydroxyl groups is 2. The van der Waals surface area contributed by atoms with Gasteiger partial charge in [-0.2, -0.15) is 0 Å². The summed E-state index contributed by atoms with van der Waals surface area (Å²) in [7, 11) is 0. The van der Waals surface area contributed by atoms with E-state index in [0.29, 0.717) is 23.8 Å². The van der Waals surface area contributed by atoms with E-state index in [9.17, 15) is 10.2 Å². The van der Waals surface area contributed by atoms with Crippen LogP contribution in [-0.2, 0) is 11.2 Å². The molecule has 1 aromatic rings. The second-order valence-corrected chi connectivity index (χ2v) is 5.45. The molecule has 0 fully saturated rings.